The van der Waals surface area contributed by atoms with Crippen molar-refractivity contribution in [3.63, 3.8) is 0 Å². The summed E-state index contributed by atoms with van der Waals surface area (Å²) in [6, 6.07) is 0. The van der Waals surface area contributed by atoms with Gasteiger partial charge in [-0.15, -0.1) is 0 Å². The molecule has 0 aromatic rings. The Morgan fingerprint density at radius 1 is 1.63 bits per heavy atom. The van der Waals surface area contributed by atoms with E-state index >= 15 is 0 Å². The Balaban J connectivity index is 2.24. The van der Waals surface area contributed by atoms with Crippen molar-refractivity contribution in [2.24, 2.45) is 10.7 Å². The molecule has 0 unspecified atom stereocenters. The summed E-state index contributed by atoms with van der Waals surface area (Å²) in [6.45, 7) is 1.52. The van der Waals surface area contributed by atoms with Crippen LogP contribution >= 0.6 is 0 Å². The Morgan fingerprint density at radius 2 is 2.32 bits per heavy atom. The number of aliphatic hydroxyl groups is 2. The molecule has 0 aromatic carbocycles. The monoisotopic (exact) mass is 275 g/mol. The van der Waals surface area contributed by atoms with Crippen LogP contribution in [0.5, 0.6) is 0 Å². The quantitative estimate of drug-likeness (QED) is 0.640. The number of nitrogens with two attached hydrogens (primary N) is 1. The maximum Gasteiger partial charge on any atom is 0.174 e. The molecule has 2 aliphatic heterocycles. The maximum atomic E-state index is 14.1. The summed E-state index contributed by atoms with van der Waals surface area (Å²) in [7, 11) is 0. The third-order valence-corrected chi connectivity index (χ3v) is 3.20. The van der Waals surface area contributed by atoms with Gasteiger partial charge in [-0.3, -0.25) is 0 Å². The number of halogens is 2. The molecule has 0 aromatic heterocycles. The van der Waals surface area contributed by atoms with Gasteiger partial charge in [-0.2, -0.15) is 0 Å². The van der Waals surface area contributed by atoms with E-state index in [9.17, 15) is 13.9 Å². The first-order chi connectivity index (χ1) is 8.95. The van der Waals surface area contributed by atoms with Crippen LogP contribution in [0.2, 0.25) is 0 Å². The fourth-order valence-electron chi connectivity index (χ4n) is 2.03. The van der Waals surface area contributed by atoms with E-state index in [1.165, 1.54) is 17.2 Å². The van der Waals surface area contributed by atoms with Crippen molar-refractivity contribution in [3.8, 4) is 0 Å². The van der Waals surface area contributed by atoms with E-state index in [0.29, 0.717) is 0 Å². The van der Waals surface area contributed by atoms with E-state index in [4.69, 9.17) is 15.6 Å². The molecule has 8 heteroatoms. The first-order valence-corrected chi connectivity index (χ1v) is 5.61. The normalized spacial score (nSPS) is 38.7. The lowest BCUT2D eigenvalue weighted by molar-refractivity contribution is -0.142. The highest BCUT2D eigenvalue weighted by Gasteiger charge is 2.57. The molecular weight excluding hydrogens is 260 g/mol. The molecule has 106 valence electrons. The highest BCUT2D eigenvalue weighted by molar-refractivity contribution is 5.92. The van der Waals surface area contributed by atoms with Crippen molar-refractivity contribution < 1.29 is 23.7 Å². The molecule has 0 amide bonds. The minimum absolute atomic E-state index is 0.104. The average molecular weight is 275 g/mol. The Bertz CT molecular complexity index is 437. The van der Waals surface area contributed by atoms with Gasteiger partial charge in [0.15, 0.2) is 18.0 Å². The number of ether oxygens (including phenoxy) is 1. The highest BCUT2D eigenvalue weighted by Crippen LogP contribution is 2.37. The Kier molecular flexibility index (Phi) is 3.57. The van der Waals surface area contributed by atoms with Crippen molar-refractivity contribution in [2.75, 3.05) is 13.3 Å². The van der Waals surface area contributed by atoms with E-state index in [1.54, 1.807) is 0 Å². The minimum Gasteiger partial charge on any atom is -0.393 e. The highest BCUT2D eigenvalue weighted by atomic mass is 19.1. The van der Waals surface area contributed by atoms with E-state index in [-0.39, 0.29) is 11.7 Å². The first-order valence-electron chi connectivity index (χ1n) is 5.61. The second-order valence-corrected chi connectivity index (χ2v) is 4.43. The molecule has 1 saturated heterocycles. The van der Waals surface area contributed by atoms with E-state index in [1.807, 2.05) is 0 Å². The average Bonchev–Trinajstić information content (AvgIpc) is 2.64. The lowest BCUT2D eigenvalue weighted by Crippen LogP contribution is -2.47. The summed E-state index contributed by atoms with van der Waals surface area (Å²) in [5.74, 6) is 0.293. The SMILES string of the molecule is C=C1N=C(N)C=CN1[C@@H]1O[C@@](CO)(CF)[C@@H](O)[C@@H]1F. The summed E-state index contributed by atoms with van der Waals surface area (Å²) >= 11 is 0. The van der Waals surface area contributed by atoms with E-state index in [2.05, 4.69) is 11.6 Å². The van der Waals surface area contributed by atoms with Crippen LogP contribution in [0.25, 0.3) is 0 Å². The maximum absolute atomic E-state index is 14.1. The Labute approximate surface area is 108 Å². The van der Waals surface area contributed by atoms with Crippen molar-refractivity contribution in [3.05, 3.63) is 24.7 Å². The van der Waals surface area contributed by atoms with Gasteiger partial charge in [-0.1, -0.05) is 6.58 Å². The van der Waals surface area contributed by atoms with Gasteiger partial charge in [0.2, 0.25) is 0 Å². The minimum atomic E-state index is -1.97. The molecule has 0 aliphatic carbocycles. The number of hydrogen-bond donors (Lipinski definition) is 3. The zero-order valence-corrected chi connectivity index (χ0v) is 10.0. The number of nitrogens with zero attached hydrogens (tertiary/aromatic N) is 2. The fraction of sp³-hybridized carbons (Fsp3) is 0.545. The van der Waals surface area contributed by atoms with Gasteiger partial charge in [0, 0.05) is 6.20 Å². The van der Waals surface area contributed by atoms with Crippen LogP contribution in [-0.4, -0.2) is 58.3 Å². The standard InChI is InChI=1S/C11H15F2N3O3/c1-6-15-7(14)2-3-16(6)10-8(13)9(18)11(4-12,5-17)19-10/h2-3,8-10,17-18H,1,4-5H2,(H2,14,15)/t8-,9-,10+,11+/m0/s1. The van der Waals surface area contributed by atoms with Gasteiger partial charge >= 0.3 is 0 Å². The van der Waals surface area contributed by atoms with Crippen LogP contribution in [-0.2, 0) is 4.74 Å². The van der Waals surface area contributed by atoms with Gasteiger partial charge in [-0.25, -0.2) is 13.8 Å². The summed E-state index contributed by atoms with van der Waals surface area (Å²) in [6.07, 6.45) is -2.25. The third kappa shape index (κ3) is 2.11. The summed E-state index contributed by atoms with van der Waals surface area (Å²) in [5.41, 5.74) is 3.48. The molecular formula is C11H15F2N3O3. The van der Waals surface area contributed by atoms with Crippen molar-refractivity contribution in [1.82, 2.24) is 4.90 Å². The lowest BCUT2D eigenvalue weighted by atomic mass is 9.98. The largest absolute Gasteiger partial charge is 0.393 e. The summed E-state index contributed by atoms with van der Waals surface area (Å²) in [4.78, 5) is 5.01. The van der Waals surface area contributed by atoms with Crippen molar-refractivity contribution in [1.29, 1.82) is 0 Å². The summed E-state index contributed by atoms with van der Waals surface area (Å²) in [5, 5.41) is 18.8. The predicted molar refractivity (Wildman–Crippen MR) is 63.3 cm³/mol. The zero-order valence-electron chi connectivity index (χ0n) is 10.0. The van der Waals surface area contributed by atoms with Crippen molar-refractivity contribution in [2.45, 2.75) is 24.1 Å². The number of alkyl halides is 2. The number of hydrogen-bond acceptors (Lipinski definition) is 6. The molecule has 4 N–H and O–H groups in total. The van der Waals surface area contributed by atoms with E-state index in [0.717, 1.165) is 0 Å². The second-order valence-electron chi connectivity index (χ2n) is 4.43. The van der Waals surface area contributed by atoms with Crippen LogP contribution in [0.15, 0.2) is 29.7 Å². The van der Waals surface area contributed by atoms with Gasteiger partial charge in [0.25, 0.3) is 0 Å². The Morgan fingerprint density at radius 3 is 2.79 bits per heavy atom. The molecule has 2 heterocycles. The summed E-state index contributed by atoms with van der Waals surface area (Å²) < 4.78 is 32.2. The first kappa shape index (κ1) is 13.9. The molecule has 2 rings (SSSR count). The Hall–Kier alpha value is -1.51. The van der Waals surface area contributed by atoms with E-state index < -0.39 is 37.4 Å². The smallest absolute Gasteiger partial charge is 0.174 e. The zero-order chi connectivity index (χ0) is 14.2. The van der Waals surface area contributed by atoms with Crippen LogP contribution in [0, 0.1) is 0 Å². The lowest BCUT2D eigenvalue weighted by Gasteiger charge is -2.31. The molecule has 0 spiro atoms. The van der Waals surface area contributed by atoms with Crippen LogP contribution < -0.4 is 5.73 Å². The third-order valence-electron chi connectivity index (χ3n) is 3.20. The van der Waals surface area contributed by atoms with Gasteiger partial charge < -0.3 is 25.6 Å². The van der Waals surface area contributed by atoms with Crippen molar-refractivity contribution >= 4 is 5.84 Å². The number of aliphatic hydroxyl groups excluding tert-OH is 2. The van der Waals surface area contributed by atoms with Crippen LogP contribution in [0.4, 0.5) is 8.78 Å². The van der Waals surface area contributed by atoms with Gasteiger partial charge in [-0.05, 0) is 6.08 Å². The molecule has 0 saturated carbocycles. The molecule has 0 bridgehead atoms. The topological polar surface area (TPSA) is 91.3 Å². The second kappa shape index (κ2) is 4.87. The molecule has 19 heavy (non-hydrogen) atoms. The molecule has 1 fully saturated rings. The van der Waals surface area contributed by atoms with Gasteiger partial charge in [0.1, 0.15) is 24.4 Å². The van der Waals surface area contributed by atoms with Gasteiger partial charge in [0.05, 0.1) is 6.61 Å². The fourth-order valence-corrected chi connectivity index (χ4v) is 2.03. The predicted octanol–water partition coefficient (Wildman–Crippen LogP) is -0.600. The van der Waals surface area contributed by atoms with Crippen LogP contribution in [0.1, 0.15) is 0 Å². The number of rotatable bonds is 3. The van der Waals surface area contributed by atoms with Crippen LogP contribution in [0.3, 0.4) is 0 Å². The molecule has 6 nitrogen and oxygen atoms in total. The molecule has 0 radical (unpaired) electrons. The molecule has 4 atom stereocenters. The number of amidine groups is 1. The molecule has 2 aliphatic rings. The number of aliphatic imine (C=N–C) groups is 1.